The van der Waals surface area contributed by atoms with Crippen LogP contribution in [0.25, 0.3) is 0 Å². The van der Waals surface area contributed by atoms with Crippen LogP contribution < -0.4 is 20.1 Å². The molecule has 0 aromatic heterocycles. The topological polar surface area (TPSA) is 42.5 Å². The molecule has 1 fully saturated rings. The van der Waals surface area contributed by atoms with Crippen LogP contribution in [-0.2, 0) is 0 Å². The van der Waals surface area contributed by atoms with E-state index in [-0.39, 0.29) is 6.04 Å². The predicted molar refractivity (Wildman–Crippen MR) is 72.9 cm³/mol. The van der Waals surface area contributed by atoms with Crippen LogP contribution in [0.4, 0.5) is 0 Å². The highest BCUT2D eigenvalue weighted by Crippen LogP contribution is 2.34. The minimum absolute atomic E-state index is 0.151. The summed E-state index contributed by atoms with van der Waals surface area (Å²) in [5, 5.41) is 7.28. The zero-order valence-electron chi connectivity index (χ0n) is 10.2. The van der Waals surface area contributed by atoms with Crippen molar-refractivity contribution >= 4 is 17.3 Å². The van der Waals surface area contributed by atoms with Crippen LogP contribution in [0.5, 0.6) is 11.5 Å². The molecule has 1 aliphatic carbocycles. The van der Waals surface area contributed by atoms with Crippen LogP contribution in [-0.4, -0.2) is 17.9 Å². The fraction of sp³-hybridized carbons (Fsp3) is 0.462. The lowest BCUT2D eigenvalue weighted by atomic mass is 10.1. The van der Waals surface area contributed by atoms with E-state index in [1.807, 2.05) is 18.2 Å². The van der Waals surface area contributed by atoms with Gasteiger partial charge in [-0.05, 0) is 49.7 Å². The lowest BCUT2D eigenvalue weighted by Crippen LogP contribution is -2.37. The summed E-state index contributed by atoms with van der Waals surface area (Å²) in [5.41, 5.74) is 1.14. The van der Waals surface area contributed by atoms with Gasteiger partial charge in [0.2, 0.25) is 6.79 Å². The lowest BCUT2D eigenvalue weighted by Gasteiger charge is -2.17. The minimum atomic E-state index is 0.151. The van der Waals surface area contributed by atoms with Gasteiger partial charge in [0, 0.05) is 6.04 Å². The Balaban J connectivity index is 1.64. The number of hydrogen-bond acceptors (Lipinski definition) is 3. The van der Waals surface area contributed by atoms with Crippen molar-refractivity contribution in [3.63, 3.8) is 0 Å². The molecule has 1 aromatic rings. The fourth-order valence-electron chi connectivity index (χ4n) is 1.92. The summed E-state index contributed by atoms with van der Waals surface area (Å²) in [6, 6.07) is 6.70. The molecule has 1 saturated carbocycles. The van der Waals surface area contributed by atoms with E-state index in [9.17, 15) is 0 Å². The van der Waals surface area contributed by atoms with Crippen molar-refractivity contribution < 1.29 is 9.47 Å². The second-order valence-electron chi connectivity index (χ2n) is 4.73. The number of hydrogen-bond donors (Lipinski definition) is 2. The normalized spacial score (nSPS) is 18.3. The van der Waals surface area contributed by atoms with Crippen molar-refractivity contribution in [1.82, 2.24) is 10.6 Å². The van der Waals surface area contributed by atoms with Gasteiger partial charge in [0.05, 0.1) is 6.04 Å². The Labute approximate surface area is 112 Å². The molecular weight excluding hydrogens is 248 g/mol. The van der Waals surface area contributed by atoms with Crippen LogP contribution in [0, 0.1) is 0 Å². The molecule has 2 aliphatic rings. The molecule has 1 unspecified atom stereocenters. The molecule has 1 atom stereocenters. The van der Waals surface area contributed by atoms with Crippen molar-refractivity contribution in [3.8, 4) is 11.5 Å². The zero-order chi connectivity index (χ0) is 12.5. The summed E-state index contributed by atoms with van der Waals surface area (Å²) in [4.78, 5) is 0. The van der Waals surface area contributed by atoms with Crippen molar-refractivity contribution in [2.45, 2.75) is 31.8 Å². The number of benzene rings is 1. The largest absolute Gasteiger partial charge is 0.454 e. The Morgan fingerprint density at radius 2 is 2.11 bits per heavy atom. The van der Waals surface area contributed by atoms with Gasteiger partial charge in [-0.3, -0.25) is 0 Å². The van der Waals surface area contributed by atoms with E-state index < -0.39 is 0 Å². The summed E-state index contributed by atoms with van der Waals surface area (Å²) in [7, 11) is 0. The molecule has 96 valence electrons. The monoisotopic (exact) mass is 264 g/mol. The average molecular weight is 264 g/mol. The highest BCUT2D eigenvalue weighted by atomic mass is 32.1. The van der Waals surface area contributed by atoms with Crippen LogP contribution in [0.2, 0.25) is 0 Å². The summed E-state index contributed by atoms with van der Waals surface area (Å²) in [5.74, 6) is 1.62. The molecule has 18 heavy (non-hydrogen) atoms. The average Bonchev–Trinajstić information content (AvgIpc) is 3.03. The summed E-state index contributed by atoms with van der Waals surface area (Å²) in [6.07, 6.45) is 2.44. The maximum Gasteiger partial charge on any atom is 0.231 e. The van der Waals surface area contributed by atoms with E-state index in [1.54, 1.807) is 0 Å². The molecular formula is C13H16N2O2S. The molecule has 0 radical (unpaired) electrons. The molecule has 0 spiro atoms. The number of thiocarbonyl (C=S) groups is 1. The quantitative estimate of drug-likeness (QED) is 0.818. The Kier molecular flexibility index (Phi) is 2.99. The number of fused-ring (bicyclic) bond motifs is 1. The molecule has 5 heteroatoms. The van der Waals surface area contributed by atoms with Gasteiger partial charge in [0.25, 0.3) is 0 Å². The maximum absolute atomic E-state index is 5.37. The molecule has 1 aromatic carbocycles. The Morgan fingerprint density at radius 3 is 2.89 bits per heavy atom. The van der Waals surface area contributed by atoms with Crippen molar-refractivity contribution in [1.29, 1.82) is 0 Å². The molecule has 0 saturated heterocycles. The zero-order valence-corrected chi connectivity index (χ0v) is 11.0. The number of nitrogens with one attached hydrogen (secondary N) is 2. The molecule has 1 heterocycles. The van der Waals surface area contributed by atoms with Gasteiger partial charge < -0.3 is 20.1 Å². The molecule has 3 rings (SSSR count). The maximum atomic E-state index is 5.37. The van der Waals surface area contributed by atoms with E-state index in [0.717, 1.165) is 22.2 Å². The lowest BCUT2D eigenvalue weighted by molar-refractivity contribution is 0.174. The van der Waals surface area contributed by atoms with E-state index in [2.05, 4.69) is 17.6 Å². The first-order valence-corrected chi connectivity index (χ1v) is 6.60. The smallest absolute Gasteiger partial charge is 0.231 e. The number of ether oxygens (including phenoxy) is 2. The van der Waals surface area contributed by atoms with Crippen molar-refractivity contribution in [2.24, 2.45) is 0 Å². The standard InChI is InChI=1S/C13H16N2O2S/c1-8(14-13(18)15-10-3-4-10)9-2-5-11-12(6-9)17-7-16-11/h2,5-6,8,10H,3-4,7H2,1H3,(H2,14,15,18). The van der Waals surface area contributed by atoms with Gasteiger partial charge in [0.1, 0.15) is 0 Å². The van der Waals surface area contributed by atoms with E-state index in [1.165, 1.54) is 12.8 Å². The Hall–Kier alpha value is -1.49. The highest BCUT2D eigenvalue weighted by Gasteiger charge is 2.22. The van der Waals surface area contributed by atoms with E-state index in [4.69, 9.17) is 21.7 Å². The molecule has 0 amide bonds. The van der Waals surface area contributed by atoms with Crippen LogP contribution in [0.1, 0.15) is 31.4 Å². The van der Waals surface area contributed by atoms with Gasteiger partial charge in [0.15, 0.2) is 16.6 Å². The van der Waals surface area contributed by atoms with Gasteiger partial charge in [-0.15, -0.1) is 0 Å². The first-order chi connectivity index (χ1) is 8.72. The molecule has 2 N–H and O–H groups in total. The van der Waals surface area contributed by atoms with Crippen molar-refractivity contribution in [2.75, 3.05) is 6.79 Å². The van der Waals surface area contributed by atoms with Crippen LogP contribution in [0.15, 0.2) is 18.2 Å². The van der Waals surface area contributed by atoms with Gasteiger partial charge >= 0.3 is 0 Å². The van der Waals surface area contributed by atoms with Gasteiger partial charge in [-0.2, -0.15) is 0 Å². The van der Waals surface area contributed by atoms with Gasteiger partial charge in [-0.1, -0.05) is 6.07 Å². The van der Waals surface area contributed by atoms with E-state index in [0.29, 0.717) is 12.8 Å². The predicted octanol–water partition coefficient (Wildman–Crippen LogP) is 2.10. The first kappa shape index (κ1) is 11.6. The minimum Gasteiger partial charge on any atom is -0.454 e. The Morgan fingerprint density at radius 1 is 1.33 bits per heavy atom. The van der Waals surface area contributed by atoms with Crippen LogP contribution in [0.3, 0.4) is 0 Å². The third-order valence-electron chi connectivity index (χ3n) is 3.16. The summed E-state index contributed by atoms with van der Waals surface area (Å²) < 4.78 is 10.7. The second-order valence-corrected chi connectivity index (χ2v) is 5.13. The highest BCUT2D eigenvalue weighted by molar-refractivity contribution is 7.80. The molecule has 4 nitrogen and oxygen atoms in total. The summed E-state index contributed by atoms with van der Waals surface area (Å²) >= 11 is 5.27. The second kappa shape index (κ2) is 4.65. The SMILES string of the molecule is CC(NC(=S)NC1CC1)c1ccc2c(c1)OCO2. The third-order valence-corrected chi connectivity index (χ3v) is 3.39. The first-order valence-electron chi connectivity index (χ1n) is 6.19. The van der Waals surface area contributed by atoms with Gasteiger partial charge in [-0.25, -0.2) is 0 Å². The molecule has 1 aliphatic heterocycles. The van der Waals surface area contributed by atoms with Crippen LogP contribution >= 0.6 is 12.2 Å². The Bertz CT molecular complexity index is 474. The van der Waals surface area contributed by atoms with E-state index >= 15 is 0 Å². The number of rotatable bonds is 3. The summed E-state index contributed by atoms with van der Waals surface area (Å²) in [6.45, 7) is 2.39. The third kappa shape index (κ3) is 2.51. The van der Waals surface area contributed by atoms with Crippen molar-refractivity contribution in [3.05, 3.63) is 23.8 Å². The fourth-order valence-corrected chi connectivity index (χ4v) is 2.26. The molecule has 0 bridgehead atoms.